The minimum Gasteiger partial charge on any atom is -0.497 e. The first-order valence-corrected chi connectivity index (χ1v) is 7.97. The highest BCUT2D eigenvalue weighted by Gasteiger charge is 2.08. The highest BCUT2D eigenvalue weighted by atomic mass is 16.5. The summed E-state index contributed by atoms with van der Waals surface area (Å²) in [6.45, 7) is 1.56. The predicted molar refractivity (Wildman–Crippen MR) is 96.7 cm³/mol. The number of aliphatic hydroxyl groups excluding tert-OH is 1. The number of ether oxygens (including phenoxy) is 1. The molecular formula is C19H22N2O4. The molecule has 2 aromatic rings. The average Bonchev–Trinajstić information content (AvgIpc) is 2.56. The largest absolute Gasteiger partial charge is 0.497 e. The summed E-state index contributed by atoms with van der Waals surface area (Å²) in [5.41, 5.74) is 2.11. The van der Waals surface area contributed by atoms with Crippen molar-refractivity contribution >= 4 is 23.2 Å². The third-order valence-corrected chi connectivity index (χ3v) is 3.43. The Kier molecular flexibility index (Phi) is 6.54. The fourth-order valence-electron chi connectivity index (χ4n) is 2.29. The molecule has 0 saturated carbocycles. The number of carbonyl (C=O) groups excluding carboxylic acids is 2. The lowest BCUT2D eigenvalue weighted by molar-refractivity contribution is -0.118. The number of aliphatic hydroxyl groups is 1. The molecule has 2 aromatic carbocycles. The average molecular weight is 342 g/mol. The Bertz CT molecular complexity index is 726. The van der Waals surface area contributed by atoms with Crippen LogP contribution in [-0.4, -0.2) is 30.1 Å². The number of rotatable bonds is 7. The van der Waals surface area contributed by atoms with Gasteiger partial charge in [-0.05, 0) is 48.9 Å². The lowest BCUT2D eigenvalue weighted by Crippen LogP contribution is -2.17. The molecule has 2 amide bonds. The molecule has 0 aliphatic rings. The Morgan fingerprint density at radius 1 is 1.04 bits per heavy atom. The molecule has 0 saturated heterocycles. The first-order valence-electron chi connectivity index (χ1n) is 7.97. The van der Waals surface area contributed by atoms with Crippen molar-refractivity contribution in [3.05, 3.63) is 54.1 Å². The monoisotopic (exact) mass is 342 g/mol. The van der Waals surface area contributed by atoms with Crippen LogP contribution in [0, 0.1) is 0 Å². The van der Waals surface area contributed by atoms with Gasteiger partial charge in [-0.3, -0.25) is 9.59 Å². The lowest BCUT2D eigenvalue weighted by atomic mass is 10.1. The van der Waals surface area contributed by atoms with Gasteiger partial charge in [-0.1, -0.05) is 12.1 Å². The van der Waals surface area contributed by atoms with E-state index in [4.69, 9.17) is 4.74 Å². The third kappa shape index (κ3) is 6.27. The molecule has 0 radical (unpaired) electrons. The zero-order valence-electron chi connectivity index (χ0n) is 14.3. The summed E-state index contributed by atoms with van der Waals surface area (Å²) in [5.74, 6) is 0.312. The zero-order valence-corrected chi connectivity index (χ0v) is 14.3. The molecule has 0 aliphatic carbocycles. The molecule has 0 spiro atoms. The van der Waals surface area contributed by atoms with Crippen LogP contribution in [-0.2, 0) is 16.0 Å². The van der Waals surface area contributed by atoms with Gasteiger partial charge in [0.05, 0.1) is 26.1 Å². The second-order valence-electron chi connectivity index (χ2n) is 5.76. The Morgan fingerprint density at radius 3 is 2.20 bits per heavy atom. The van der Waals surface area contributed by atoms with Crippen LogP contribution in [0.1, 0.15) is 18.9 Å². The highest BCUT2D eigenvalue weighted by molar-refractivity contribution is 5.93. The summed E-state index contributed by atoms with van der Waals surface area (Å²) in [6, 6.07) is 14.2. The van der Waals surface area contributed by atoms with Gasteiger partial charge in [0.15, 0.2) is 0 Å². The number of carbonyl (C=O) groups is 2. The van der Waals surface area contributed by atoms with Crippen molar-refractivity contribution in [3.63, 3.8) is 0 Å². The molecule has 1 unspecified atom stereocenters. The second kappa shape index (κ2) is 8.84. The molecular weight excluding hydrogens is 320 g/mol. The van der Waals surface area contributed by atoms with Crippen molar-refractivity contribution in [3.8, 4) is 5.75 Å². The standard InChI is InChI=1S/C19H22N2O4/c1-13(22)10-18(23)20-15-6-8-16(9-7-15)21-19(24)12-14-4-3-5-17(11-14)25-2/h3-9,11,13,22H,10,12H2,1-2H3,(H,20,23)(H,21,24). The number of methoxy groups -OCH3 is 1. The first-order chi connectivity index (χ1) is 12.0. The van der Waals surface area contributed by atoms with Gasteiger partial charge >= 0.3 is 0 Å². The van der Waals surface area contributed by atoms with Crippen molar-refractivity contribution in [2.45, 2.75) is 25.9 Å². The van der Waals surface area contributed by atoms with Gasteiger partial charge < -0.3 is 20.5 Å². The van der Waals surface area contributed by atoms with Crippen LogP contribution in [0.5, 0.6) is 5.75 Å². The lowest BCUT2D eigenvalue weighted by Gasteiger charge is -2.09. The Labute approximate surface area is 146 Å². The summed E-state index contributed by atoms with van der Waals surface area (Å²) in [7, 11) is 1.58. The minimum atomic E-state index is -0.685. The molecule has 3 N–H and O–H groups in total. The van der Waals surface area contributed by atoms with E-state index in [1.165, 1.54) is 0 Å². The second-order valence-corrected chi connectivity index (χ2v) is 5.76. The summed E-state index contributed by atoms with van der Waals surface area (Å²) >= 11 is 0. The summed E-state index contributed by atoms with van der Waals surface area (Å²) in [5, 5.41) is 14.7. The van der Waals surface area contributed by atoms with E-state index in [-0.39, 0.29) is 24.7 Å². The number of hydrogen-bond acceptors (Lipinski definition) is 4. The van der Waals surface area contributed by atoms with Crippen molar-refractivity contribution in [2.75, 3.05) is 17.7 Å². The number of nitrogens with one attached hydrogen (secondary N) is 2. The van der Waals surface area contributed by atoms with Gasteiger partial charge in [0.1, 0.15) is 5.75 Å². The van der Waals surface area contributed by atoms with E-state index >= 15 is 0 Å². The van der Waals surface area contributed by atoms with Gasteiger partial charge in [-0.25, -0.2) is 0 Å². The molecule has 1 atom stereocenters. The van der Waals surface area contributed by atoms with Crippen molar-refractivity contribution in [1.82, 2.24) is 0 Å². The maximum Gasteiger partial charge on any atom is 0.228 e. The summed E-state index contributed by atoms with van der Waals surface area (Å²) in [6.07, 6.45) is -0.404. The van der Waals surface area contributed by atoms with Crippen molar-refractivity contribution in [1.29, 1.82) is 0 Å². The molecule has 2 rings (SSSR count). The van der Waals surface area contributed by atoms with Crippen LogP contribution in [0.2, 0.25) is 0 Å². The Balaban J connectivity index is 1.89. The first kappa shape index (κ1) is 18.5. The smallest absolute Gasteiger partial charge is 0.228 e. The predicted octanol–water partition coefficient (Wildman–Crippen LogP) is 2.59. The molecule has 0 fully saturated rings. The normalized spacial score (nSPS) is 11.5. The van der Waals surface area contributed by atoms with E-state index in [2.05, 4.69) is 10.6 Å². The number of amides is 2. The zero-order chi connectivity index (χ0) is 18.2. The molecule has 25 heavy (non-hydrogen) atoms. The fourth-order valence-corrected chi connectivity index (χ4v) is 2.29. The van der Waals surface area contributed by atoms with E-state index in [9.17, 15) is 14.7 Å². The van der Waals surface area contributed by atoms with Gasteiger partial charge in [0, 0.05) is 11.4 Å². The van der Waals surface area contributed by atoms with Crippen LogP contribution in [0.15, 0.2) is 48.5 Å². The number of benzene rings is 2. The van der Waals surface area contributed by atoms with E-state index < -0.39 is 6.10 Å². The van der Waals surface area contributed by atoms with E-state index in [1.807, 2.05) is 24.3 Å². The third-order valence-electron chi connectivity index (χ3n) is 3.43. The van der Waals surface area contributed by atoms with Crippen LogP contribution in [0.25, 0.3) is 0 Å². The molecule has 0 aliphatic heterocycles. The quantitative estimate of drug-likeness (QED) is 0.722. The molecule has 0 heterocycles. The maximum atomic E-state index is 12.1. The highest BCUT2D eigenvalue weighted by Crippen LogP contribution is 2.16. The van der Waals surface area contributed by atoms with Gasteiger partial charge in [-0.2, -0.15) is 0 Å². The Hall–Kier alpha value is -2.86. The van der Waals surface area contributed by atoms with Crippen LogP contribution in [0.3, 0.4) is 0 Å². The summed E-state index contributed by atoms with van der Waals surface area (Å²) in [4.78, 5) is 23.7. The van der Waals surface area contributed by atoms with Gasteiger partial charge in [-0.15, -0.1) is 0 Å². The van der Waals surface area contributed by atoms with Crippen molar-refractivity contribution in [2.24, 2.45) is 0 Å². The number of anilines is 2. The van der Waals surface area contributed by atoms with E-state index in [0.717, 1.165) is 5.56 Å². The SMILES string of the molecule is COc1cccc(CC(=O)Nc2ccc(NC(=O)CC(C)O)cc2)c1. The van der Waals surface area contributed by atoms with Crippen LogP contribution < -0.4 is 15.4 Å². The Morgan fingerprint density at radius 2 is 1.64 bits per heavy atom. The van der Waals surface area contributed by atoms with E-state index in [1.54, 1.807) is 38.3 Å². The topological polar surface area (TPSA) is 87.7 Å². The molecule has 132 valence electrons. The number of hydrogen-bond donors (Lipinski definition) is 3. The van der Waals surface area contributed by atoms with Gasteiger partial charge in [0.25, 0.3) is 0 Å². The van der Waals surface area contributed by atoms with Gasteiger partial charge in [0.2, 0.25) is 11.8 Å². The fraction of sp³-hybridized carbons (Fsp3) is 0.263. The molecule has 0 bridgehead atoms. The summed E-state index contributed by atoms with van der Waals surface area (Å²) < 4.78 is 5.14. The van der Waals surface area contributed by atoms with Crippen LogP contribution in [0.4, 0.5) is 11.4 Å². The molecule has 6 nitrogen and oxygen atoms in total. The molecule has 0 aromatic heterocycles. The van der Waals surface area contributed by atoms with E-state index in [0.29, 0.717) is 17.1 Å². The van der Waals surface area contributed by atoms with Crippen molar-refractivity contribution < 1.29 is 19.4 Å². The van der Waals surface area contributed by atoms with Crippen LogP contribution >= 0.6 is 0 Å². The maximum absolute atomic E-state index is 12.1. The molecule has 6 heteroatoms. The minimum absolute atomic E-state index is 0.0407.